The van der Waals surface area contributed by atoms with Crippen LogP contribution in [0.3, 0.4) is 0 Å². The molecule has 3 aliphatic rings. The Kier molecular flexibility index (Phi) is 25.4. The predicted molar refractivity (Wildman–Crippen MR) is 331 cm³/mol. The van der Waals surface area contributed by atoms with Crippen LogP contribution in [0.4, 0.5) is 17.6 Å². The molecule has 2 aliphatic carbocycles. The first-order chi connectivity index (χ1) is 39.8. The van der Waals surface area contributed by atoms with Gasteiger partial charge in [-0.2, -0.15) is 10.2 Å². The Balaban J connectivity index is 1.09. The molecule has 1 aliphatic heterocycles. The molecule has 0 bridgehead atoms. The van der Waals surface area contributed by atoms with Crippen LogP contribution >= 0.6 is 0 Å². The summed E-state index contributed by atoms with van der Waals surface area (Å²) in [5, 5.41) is 9.06. The van der Waals surface area contributed by atoms with E-state index < -0.39 is 11.8 Å². The van der Waals surface area contributed by atoms with E-state index in [2.05, 4.69) is 176 Å². The molecule has 0 spiro atoms. The van der Waals surface area contributed by atoms with E-state index in [4.69, 9.17) is 18.9 Å². The molecule has 2 aromatic carbocycles. The van der Waals surface area contributed by atoms with Crippen LogP contribution in [0.25, 0.3) is 0 Å². The number of ether oxygens (including phenoxy) is 4. The summed E-state index contributed by atoms with van der Waals surface area (Å²) >= 11 is 0. The van der Waals surface area contributed by atoms with Crippen molar-refractivity contribution in [3.63, 3.8) is 0 Å². The van der Waals surface area contributed by atoms with Gasteiger partial charge in [0, 0.05) is 112 Å². The molecule has 16 heteroatoms. The molecule has 3 heterocycles. The summed E-state index contributed by atoms with van der Waals surface area (Å²) in [7, 11) is 8.92. The van der Waals surface area contributed by atoms with Gasteiger partial charge in [0.1, 0.15) is 0 Å². The number of hydrogen-bond acceptors (Lipinski definition) is 10. The maximum absolute atomic E-state index is 13.9. The smallest absolute Gasteiger partial charge is 0.249 e. The quantitative estimate of drug-likeness (QED) is 0.0898. The third-order valence-electron chi connectivity index (χ3n) is 17.9. The van der Waals surface area contributed by atoms with Gasteiger partial charge in [-0.3, -0.25) is 29.0 Å². The van der Waals surface area contributed by atoms with Crippen molar-refractivity contribution in [3.8, 4) is 0 Å². The van der Waals surface area contributed by atoms with E-state index in [0.29, 0.717) is 63.2 Å². The summed E-state index contributed by atoms with van der Waals surface area (Å²) < 4.78 is 87.3. The summed E-state index contributed by atoms with van der Waals surface area (Å²) in [6.07, 6.45) is 8.21. The Hall–Kier alpha value is -3.74. The second-order valence-electron chi connectivity index (χ2n) is 27.9. The molecule has 84 heavy (non-hydrogen) atoms. The average Bonchev–Trinajstić information content (AvgIpc) is 2.10. The van der Waals surface area contributed by atoms with Crippen molar-refractivity contribution < 1.29 is 36.5 Å². The number of alkyl halides is 4. The minimum atomic E-state index is -2.58. The van der Waals surface area contributed by atoms with Crippen LogP contribution in [0.1, 0.15) is 166 Å². The number of likely N-dealkylation sites (N-methyl/N-ethyl adjacent to an activating group) is 4. The van der Waals surface area contributed by atoms with Crippen LogP contribution in [-0.2, 0) is 44.9 Å². The zero-order valence-electron chi connectivity index (χ0n) is 53.9. The lowest BCUT2D eigenvalue weighted by Gasteiger charge is -2.37. The fourth-order valence-electron chi connectivity index (χ4n) is 13.0. The monoisotopic (exact) mass is 1180 g/mol. The van der Waals surface area contributed by atoms with Gasteiger partial charge in [0.05, 0.1) is 63.9 Å². The van der Waals surface area contributed by atoms with Crippen LogP contribution < -0.4 is 0 Å². The van der Waals surface area contributed by atoms with E-state index >= 15 is 0 Å². The van der Waals surface area contributed by atoms with Gasteiger partial charge in [-0.15, -0.1) is 0 Å². The first-order valence-corrected chi connectivity index (χ1v) is 32.0. The first-order valence-electron chi connectivity index (χ1n) is 32.0. The number of aromatic nitrogens is 4. The van der Waals surface area contributed by atoms with Gasteiger partial charge >= 0.3 is 0 Å². The van der Waals surface area contributed by atoms with Crippen molar-refractivity contribution in [1.29, 1.82) is 0 Å². The Morgan fingerprint density at radius 3 is 1.01 bits per heavy atom. The lowest BCUT2D eigenvalue weighted by Crippen LogP contribution is -2.47. The van der Waals surface area contributed by atoms with Gasteiger partial charge in [-0.1, -0.05) is 104 Å². The first kappa shape index (κ1) is 67.8. The van der Waals surface area contributed by atoms with E-state index in [1.54, 1.807) is 12.4 Å². The number of nitrogens with zero attached hydrogens (tertiary/aromatic N) is 8. The number of rotatable bonds is 18. The highest BCUT2D eigenvalue weighted by atomic mass is 19.3. The summed E-state index contributed by atoms with van der Waals surface area (Å²) in [6, 6.07) is 21.9. The molecule has 1 unspecified atom stereocenters. The molecule has 2 saturated carbocycles. The van der Waals surface area contributed by atoms with Gasteiger partial charge in [-0.05, 0) is 139 Å². The van der Waals surface area contributed by atoms with Gasteiger partial charge in [0.25, 0.3) is 0 Å². The molecule has 12 nitrogen and oxygen atoms in total. The zero-order chi connectivity index (χ0) is 60.9. The second-order valence-corrected chi connectivity index (χ2v) is 27.9. The topological polar surface area (TPSA) is 85.5 Å². The summed E-state index contributed by atoms with van der Waals surface area (Å²) in [5.41, 5.74) is 6.31. The van der Waals surface area contributed by atoms with Crippen molar-refractivity contribution in [3.05, 3.63) is 107 Å². The Morgan fingerprint density at radius 2 is 0.714 bits per heavy atom. The van der Waals surface area contributed by atoms with E-state index in [0.717, 1.165) is 87.2 Å². The van der Waals surface area contributed by atoms with Crippen LogP contribution in [0.15, 0.2) is 73.1 Å². The molecule has 2 aromatic heterocycles. The van der Waals surface area contributed by atoms with Crippen LogP contribution in [0.2, 0.25) is 0 Å². The fraction of sp³-hybridized carbons (Fsp3) is 0.735. The lowest BCUT2D eigenvalue weighted by molar-refractivity contribution is -0.0889. The van der Waals surface area contributed by atoms with Crippen molar-refractivity contribution >= 4 is 0 Å². The maximum Gasteiger partial charge on any atom is 0.249 e. The minimum Gasteiger partial charge on any atom is -0.376 e. The van der Waals surface area contributed by atoms with Gasteiger partial charge in [-0.25, -0.2) is 17.6 Å². The highest BCUT2D eigenvalue weighted by Gasteiger charge is 2.48. The molecular formula is C68H108F4N8O4. The van der Waals surface area contributed by atoms with E-state index in [9.17, 15) is 17.6 Å². The normalized spacial score (nSPS) is 27.1. The molecule has 1 saturated heterocycles. The Bertz CT molecular complexity index is 2320. The molecule has 0 amide bonds. The van der Waals surface area contributed by atoms with Crippen molar-refractivity contribution in [2.24, 2.45) is 23.7 Å². The summed E-state index contributed by atoms with van der Waals surface area (Å²) in [5.74, 6) is -3.62. The fourth-order valence-corrected chi connectivity index (χ4v) is 13.0. The maximum atomic E-state index is 13.9. The van der Waals surface area contributed by atoms with Crippen LogP contribution in [0, 0.1) is 23.7 Å². The molecule has 0 N–H and O–H groups in total. The SMILES string of the molecule is CC(C)CC1CO[C@H](C)CN(C)[C@@H](CC(C)C)CO[C@H](Cc2ccc(Cn3nccc3C3CC(F)(F)C3)cc2)CN(C)[C@@H](CC(C)C)CO[C@H](C)CN(C)[C@@H](CC(C)C)CO[C@H](Cc2ccc(Cn3nccc3C3CC(F)(F)C3)cc2)CN1C. The summed E-state index contributed by atoms with van der Waals surface area (Å²) in [6.45, 7) is 29.2. The third-order valence-corrected chi connectivity index (χ3v) is 17.9. The highest BCUT2D eigenvalue weighted by molar-refractivity contribution is 5.26. The average molecular weight is 1180 g/mol. The van der Waals surface area contributed by atoms with Crippen LogP contribution in [0.5, 0.6) is 0 Å². The van der Waals surface area contributed by atoms with E-state index in [-0.39, 0.29) is 86.1 Å². The van der Waals surface area contributed by atoms with Crippen molar-refractivity contribution in [2.75, 3.05) is 80.8 Å². The van der Waals surface area contributed by atoms with Gasteiger partial charge < -0.3 is 18.9 Å². The standard InChI is InChI=1S/C68H108F4N8O4/c1-47(2)27-59-43-81-51(9)37-75(11)62(30-50(7)8)46-84-64(32-54-17-21-56(22-18-54)40-80-66(24-26-74-80)58-35-68(71,72)36-58)42-78(14)60(28-48(3)4)44-82-52(10)38-76(12)61(29-49(5)6)45-83-63(41-77(59)13)31-53-15-19-55(20-16-53)39-79-65(23-25-73-79)57-33-67(69,70)34-57/h15-26,47-52,57-64H,27-46H2,1-14H3/t51-,52-,59+,60?,61+,62+,63-,64-/m1/s1. The molecule has 0 radical (unpaired) electrons. The van der Waals surface area contributed by atoms with E-state index in [1.807, 2.05) is 21.5 Å². The number of benzene rings is 2. The van der Waals surface area contributed by atoms with Gasteiger partial charge in [0.2, 0.25) is 11.8 Å². The third kappa shape index (κ3) is 21.3. The van der Waals surface area contributed by atoms with Crippen molar-refractivity contribution in [2.45, 2.75) is 219 Å². The lowest BCUT2D eigenvalue weighted by atomic mass is 9.79. The number of hydrogen-bond donors (Lipinski definition) is 0. The second kappa shape index (κ2) is 31.4. The molecule has 3 fully saturated rings. The Labute approximate surface area is 503 Å². The number of halogens is 4. The van der Waals surface area contributed by atoms with Crippen LogP contribution in [-0.4, -0.2) is 180 Å². The summed E-state index contributed by atoms with van der Waals surface area (Å²) in [4.78, 5) is 9.85. The molecule has 472 valence electrons. The largest absolute Gasteiger partial charge is 0.376 e. The van der Waals surface area contributed by atoms with E-state index in [1.165, 1.54) is 11.1 Å². The zero-order valence-corrected chi connectivity index (χ0v) is 53.9. The Morgan fingerprint density at radius 1 is 0.429 bits per heavy atom. The molecule has 4 aromatic rings. The molecule has 8 atom stereocenters. The molecule has 7 rings (SSSR count). The molecular weight excluding hydrogens is 1070 g/mol. The minimum absolute atomic E-state index is 0.0178. The van der Waals surface area contributed by atoms with Gasteiger partial charge in [0.15, 0.2) is 0 Å². The van der Waals surface area contributed by atoms with Crippen molar-refractivity contribution in [1.82, 2.24) is 39.2 Å². The predicted octanol–water partition coefficient (Wildman–Crippen LogP) is 13.0. The highest BCUT2D eigenvalue weighted by Crippen LogP contribution is 2.49.